The molecule has 1 heterocycles. The van der Waals surface area contributed by atoms with Gasteiger partial charge in [-0.15, -0.1) is 0 Å². The number of carbonyl (C=O) groups is 2. The lowest BCUT2D eigenvalue weighted by Crippen LogP contribution is -2.50. The van der Waals surface area contributed by atoms with Gasteiger partial charge in [0.15, 0.2) is 0 Å². The number of anilines is 1. The van der Waals surface area contributed by atoms with Gasteiger partial charge in [0.25, 0.3) is 0 Å². The fourth-order valence-corrected chi connectivity index (χ4v) is 4.88. The van der Waals surface area contributed by atoms with E-state index >= 15 is 0 Å². The Balaban J connectivity index is 1.32. The monoisotopic (exact) mass is 574 g/mol. The van der Waals surface area contributed by atoms with Crippen molar-refractivity contribution >= 4 is 23.2 Å². The molecule has 0 unspecified atom stereocenters. The van der Waals surface area contributed by atoms with Crippen molar-refractivity contribution in [2.24, 2.45) is 5.92 Å². The predicted octanol–water partition coefficient (Wildman–Crippen LogP) is 5.79. The van der Waals surface area contributed by atoms with E-state index in [-0.39, 0.29) is 24.9 Å². The minimum absolute atomic E-state index is 0.00842. The minimum Gasteiger partial charge on any atom is -0.457 e. The third kappa shape index (κ3) is 9.78. The molecule has 1 aliphatic heterocycles. The average molecular weight is 575 g/mol. The Morgan fingerprint density at radius 2 is 1.62 bits per heavy atom. The van der Waals surface area contributed by atoms with Gasteiger partial charge in [0.2, 0.25) is 11.8 Å². The van der Waals surface area contributed by atoms with Crippen LogP contribution in [0.5, 0.6) is 11.5 Å². The van der Waals surface area contributed by atoms with Gasteiger partial charge in [-0.05, 0) is 92.4 Å². The molecule has 8 nitrogen and oxygen atoms in total. The third-order valence-electron chi connectivity index (χ3n) is 7.19. The highest BCUT2D eigenvalue weighted by Crippen LogP contribution is 2.23. The molecule has 3 aromatic rings. The third-order valence-corrected chi connectivity index (χ3v) is 7.19. The quantitative estimate of drug-likeness (QED) is 0.212. The van der Waals surface area contributed by atoms with Crippen LogP contribution < -0.4 is 15.4 Å². The number of halogens is 1. The number of benzene rings is 3. The summed E-state index contributed by atoms with van der Waals surface area (Å²) in [6, 6.07) is 21.2. The Morgan fingerprint density at radius 3 is 2.26 bits per heavy atom. The molecule has 1 atom stereocenters. The van der Waals surface area contributed by atoms with Crippen molar-refractivity contribution in [1.29, 1.82) is 5.41 Å². The van der Waals surface area contributed by atoms with E-state index in [9.17, 15) is 14.0 Å². The number of likely N-dealkylation sites (tertiary alicyclic amines) is 1. The number of carbonyl (C=O) groups excluding carboxylic acids is 2. The first-order valence-electron chi connectivity index (χ1n) is 14.4. The molecule has 0 aliphatic carbocycles. The van der Waals surface area contributed by atoms with Crippen molar-refractivity contribution in [2.45, 2.75) is 45.3 Å². The number of rotatable bonds is 14. The molecule has 222 valence electrons. The number of piperidine rings is 1. The van der Waals surface area contributed by atoms with Crippen molar-refractivity contribution in [2.75, 3.05) is 31.6 Å². The SMILES string of the molecule is CCCC(=N)C1CCN(CC(=O)N[C@@H](COCc2ccccc2)C(=O)Nc2ccc(Oc3ccc(F)cc3)cc2)CC1. The van der Waals surface area contributed by atoms with Gasteiger partial charge in [0.05, 0.1) is 19.8 Å². The minimum atomic E-state index is -0.897. The lowest BCUT2D eigenvalue weighted by atomic mass is 9.90. The maximum absolute atomic E-state index is 13.3. The predicted molar refractivity (Wildman–Crippen MR) is 161 cm³/mol. The van der Waals surface area contributed by atoms with Crippen molar-refractivity contribution in [3.8, 4) is 11.5 Å². The second-order valence-electron chi connectivity index (χ2n) is 10.5. The van der Waals surface area contributed by atoms with Gasteiger partial charge in [-0.25, -0.2) is 4.39 Å². The summed E-state index contributed by atoms with van der Waals surface area (Å²) in [7, 11) is 0. The molecule has 1 fully saturated rings. The van der Waals surface area contributed by atoms with Crippen molar-refractivity contribution < 1.29 is 23.5 Å². The van der Waals surface area contributed by atoms with Crippen LogP contribution >= 0.6 is 0 Å². The Bertz CT molecular complexity index is 1290. The van der Waals surface area contributed by atoms with E-state index in [1.807, 2.05) is 30.3 Å². The molecule has 3 N–H and O–H groups in total. The normalized spacial score (nSPS) is 14.6. The summed E-state index contributed by atoms with van der Waals surface area (Å²) in [4.78, 5) is 28.3. The van der Waals surface area contributed by atoms with Crippen molar-refractivity contribution in [1.82, 2.24) is 10.2 Å². The van der Waals surface area contributed by atoms with Crippen LogP contribution in [-0.4, -0.2) is 54.7 Å². The molecule has 0 bridgehead atoms. The fraction of sp³-hybridized carbons (Fsp3) is 0.364. The molecule has 0 radical (unpaired) electrons. The van der Waals surface area contributed by atoms with Crippen LogP contribution in [0.2, 0.25) is 0 Å². The van der Waals surface area contributed by atoms with Crippen LogP contribution in [0.1, 0.15) is 38.2 Å². The molecule has 9 heteroatoms. The number of hydrogen-bond donors (Lipinski definition) is 3. The highest BCUT2D eigenvalue weighted by atomic mass is 19.1. The van der Waals surface area contributed by atoms with Crippen LogP contribution in [0, 0.1) is 17.1 Å². The van der Waals surface area contributed by atoms with E-state index in [1.54, 1.807) is 24.3 Å². The lowest BCUT2D eigenvalue weighted by molar-refractivity contribution is -0.128. The van der Waals surface area contributed by atoms with Gasteiger partial charge in [0, 0.05) is 11.4 Å². The number of nitrogens with one attached hydrogen (secondary N) is 3. The molecule has 2 amide bonds. The largest absolute Gasteiger partial charge is 0.457 e. The van der Waals surface area contributed by atoms with Crippen LogP contribution in [0.3, 0.4) is 0 Å². The number of nitrogens with zero attached hydrogens (tertiary/aromatic N) is 1. The molecule has 1 saturated heterocycles. The van der Waals surface area contributed by atoms with Gasteiger partial charge in [-0.3, -0.25) is 14.5 Å². The molecule has 0 spiro atoms. The molecule has 4 rings (SSSR count). The summed E-state index contributed by atoms with van der Waals surface area (Å²) in [5.41, 5.74) is 2.31. The summed E-state index contributed by atoms with van der Waals surface area (Å²) in [6.45, 7) is 4.09. The second kappa shape index (κ2) is 15.8. The standard InChI is InChI=1S/C33H39FN4O4/c1-2-6-30(35)25-17-19-38(20-18-25)21-32(39)37-31(23-41-22-24-7-4-3-5-8-24)33(40)36-27-11-15-29(16-12-27)42-28-13-9-26(34)10-14-28/h3-5,7-16,25,31,35H,2,6,17-23H2,1H3,(H,36,40)(H,37,39)/t31-/m0/s1. The zero-order valence-electron chi connectivity index (χ0n) is 24.0. The van der Waals surface area contributed by atoms with Gasteiger partial charge >= 0.3 is 0 Å². The Hall–Kier alpha value is -4.08. The van der Waals surface area contributed by atoms with E-state index in [0.717, 1.165) is 50.0 Å². The molecule has 3 aromatic carbocycles. The zero-order chi connectivity index (χ0) is 29.7. The summed E-state index contributed by atoms with van der Waals surface area (Å²) in [5, 5.41) is 14.0. The van der Waals surface area contributed by atoms with Crippen LogP contribution in [0.15, 0.2) is 78.9 Å². The maximum atomic E-state index is 13.3. The summed E-state index contributed by atoms with van der Waals surface area (Å²) >= 11 is 0. The number of hydrogen-bond acceptors (Lipinski definition) is 6. The Morgan fingerprint density at radius 1 is 0.976 bits per heavy atom. The van der Waals surface area contributed by atoms with E-state index in [4.69, 9.17) is 14.9 Å². The second-order valence-corrected chi connectivity index (χ2v) is 10.5. The van der Waals surface area contributed by atoms with Gasteiger partial charge in [0.1, 0.15) is 23.4 Å². The summed E-state index contributed by atoms with van der Waals surface area (Å²) in [6.07, 6.45) is 3.55. The Labute approximate surface area is 246 Å². The molecule has 42 heavy (non-hydrogen) atoms. The maximum Gasteiger partial charge on any atom is 0.249 e. The molecule has 0 aromatic heterocycles. The number of amides is 2. The fourth-order valence-electron chi connectivity index (χ4n) is 4.88. The zero-order valence-corrected chi connectivity index (χ0v) is 24.0. The Kier molecular flexibility index (Phi) is 11.6. The number of ether oxygens (including phenoxy) is 2. The van der Waals surface area contributed by atoms with Crippen LogP contribution in [0.4, 0.5) is 10.1 Å². The van der Waals surface area contributed by atoms with E-state index in [0.29, 0.717) is 29.7 Å². The summed E-state index contributed by atoms with van der Waals surface area (Å²) in [5.74, 6) is 0.336. The topological polar surface area (TPSA) is 104 Å². The first kappa shape index (κ1) is 30.9. The van der Waals surface area contributed by atoms with Gasteiger partial charge in [-0.2, -0.15) is 0 Å². The summed E-state index contributed by atoms with van der Waals surface area (Å²) < 4.78 is 24.7. The first-order chi connectivity index (χ1) is 20.4. The van der Waals surface area contributed by atoms with E-state index in [2.05, 4.69) is 22.5 Å². The van der Waals surface area contributed by atoms with Crippen molar-refractivity contribution in [3.05, 3.63) is 90.2 Å². The molecule has 0 saturated carbocycles. The van der Waals surface area contributed by atoms with E-state index in [1.165, 1.54) is 24.3 Å². The molecule has 1 aliphatic rings. The average Bonchev–Trinajstić information content (AvgIpc) is 3.00. The van der Waals surface area contributed by atoms with Gasteiger partial charge in [-0.1, -0.05) is 43.7 Å². The smallest absolute Gasteiger partial charge is 0.249 e. The molecular weight excluding hydrogens is 535 g/mol. The first-order valence-corrected chi connectivity index (χ1v) is 14.4. The van der Waals surface area contributed by atoms with Gasteiger partial charge < -0.3 is 25.5 Å². The highest BCUT2D eigenvalue weighted by molar-refractivity contribution is 5.97. The van der Waals surface area contributed by atoms with Crippen LogP contribution in [0.25, 0.3) is 0 Å². The van der Waals surface area contributed by atoms with E-state index < -0.39 is 11.9 Å². The van der Waals surface area contributed by atoms with Crippen LogP contribution in [-0.2, 0) is 20.9 Å². The highest BCUT2D eigenvalue weighted by Gasteiger charge is 2.26. The van der Waals surface area contributed by atoms with Crippen molar-refractivity contribution in [3.63, 3.8) is 0 Å². The molecular formula is C33H39FN4O4. The lowest BCUT2D eigenvalue weighted by Gasteiger charge is -2.32.